The van der Waals surface area contributed by atoms with Crippen LogP contribution in [0.5, 0.6) is 0 Å². The van der Waals surface area contributed by atoms with Crippen molar-refractivity contribution in [2.45, 2.75) is 6.54 Å². The van der Waals surface area contributed by atoms with Crippen molar-refractivity contribution in [2.24, 2.45) is 0 Å². The topological polar surface area (TPSA) is 69.1 Å². The number of hydrogen-bond acceptors (Lipinski definition) is 4. The summed E-state index contributed by atoms with van der Waals surface area (Å²) >= 11 is 6.19. The third-order valence-electron chi connectivity index (χ3n) is 5.42. The Labute approximate surface area is 182 Å². The zero-order chi connectivity index (χ0) is 20.9. The van der Waals surface area contributed by atoms with E-state index in [4.69, 9.17) is 16.0 Å². The molecule has 0 fully saturated rings. The van der Waals surface area contributed by atoms with Crippen LogP contribution in [0, 0.1) is 0 Å². The van der Waals surface area contributed by atoms with E-state index in [2.05, 4.69) is 14.6 Å². The van der Waals surface area contributed by atoms with Crippen LogP contribution in [0.25, 0.3) is 28.2 Å². The Morgan fingerprint density at radius 3 is 2.74 bits per heavy atom. The first-order valence-electron chi connectivity index (χ1n) is 9.86. The van der Waals surface area contributed by atoms with Gasteiger partial charge in [-0.3, -0.25) is 9.69 Å². The van der Waals surface area contributed by atoms with Crippen LogP contribution in [0.2, 0.25) is 5.02 Å². The second-order valence-electron chi connectivity index (χ2n) is 7.29. The van der Waals surface area contributed by atoms with E-state index in [0.29, 0.717) is 41.2 Å². The lowest BCUT2D eigenvalue weighted by Gasteiger charge is -2.11. The molecule has 0 aliphatic carbocycles. The molecule has 1 aliphatic heterocycles. The molecule has 0 spiro atoms. The van der Waals surface area contributed by atoms with E-state index in [1.807, 2.05) is 42.5 Å². The van der Waals surface area contributed by atoms with Gasteiger partial charge < -0.3 is 8.98 Å². The Kier molecular flexibility index (Phi) is 3.97. The van der Waals surface area contributed by atoms with Crippen LogP contribution in [-0.2, 0) is 6.54 Å². The molecule has 1 aliphatic rings. The summed E-state index contributed by atoms with van der Waals surface area (Å²) in [5.41, 5.74) is 3.62. The SMILES string of the molecule is O=C(c1cc(-c2ccco2)n(-c2cccc(Cl)c2)n1)N1CCn2c1nc1ccccc12. The van der Waals surface area contributed by atoms with Gasteiger partial charge in [-0.2, -0.15) is 5.10 Å². The standard InChI is InChI=1S/C23H16ClN5O2/c24-15-5-3-6-16(13-15)29-20(21-9-4-12-31-21)14-18(26-29)22(30)28-11-10-27-19-8-2-1-7-17(19)25-23(27)28/h1-9,12-14H,10-11H2. The molecule has 4 heterocycles. The maximum atomic E-state index is 13.5. The fraction of sp³-hybridized carbons (Fsp3) is 0.0870. The molecule has 7 nitrogen and oxygen atoms in total. The molecule has 0 saturated carbocycles. The predicted molar refractivity (Wildman–Crippen MR) is 118 cm³/mol. The number of hydrogen-bond donors (Lipinski definition) is 0. The van der Waals surface area contributed by atoms with Gasteiger partial charge in [0.1, 0.15) is 5.69 Å². The molecule has 31 heavy (non-hydrogen) atoms. The molecule has 8 heteroatoms. The van der Waals surface area contributed by atoms with Crippen LogP contribution < -0.4 is 4.90 Å². The van der Waals surface area contributed by atoms with Crippen molar-refractivity contribution < 1.29 is 9.21 Å². The lowest BCUT2D eigenvalue weighted by atomic mass is 10.2. The van der Waals surface area contributed by atoms with Crippen molar-refractivity contribution in [3.8, 4) is 17.1 Å². The van der Waals surface area contributed by atoms with Gasteiger partial charge in [0, 0.05) is 24.2 Å². The maximum Gasteiger partial charge on any atom is 0.281 e. The molecule has 2 aromatic carbocycles. The van der Waals surface area contributed by atoms with Gasteiger partial charge in [-0.1, -0.05) is 29.8 Å². The molecular weight excluding hydrogens is 414 g/mol. The van der Waals surface area contributed by atoms with Gasteiger partial charge in [0.05, 0.1) is 23.0 Å². The van der Waals surface area contributed by atoms with Gasteiger partial charge in [0.25, 0.3) is 5.91 Å². The third kappa shape index (κ3) is 2.85. The number of amides is 1. The normalized spacial score (nSPS) is 13.1. The summed E-state index contributed by atoms with van der Waals surface area (Å²) in [6, 6.07) is 20.6. The van der Waals surface area contributed by atoms with Crippen LogP contribution in [0.15, 0.2) is 77.4 Å². The van der Waals surface area contributed by atoms with E-state index in [0.717, 1.165) is 16.7 Å². The number of rotatable bonds is 3. The number of halogens is 1. The average Bonchev–Trinajstić information content (AvgIpc) is 3.56. The monoisotopic (exact) mass is 429 g/mol. The van der Waals surface area contributed by atoms with Crippen molar-refractivity contribution in [2.75, 3.05) is 11.4 Å². The number of nitrogens with zero attached hydrogens (tertiary/aromatic N) is 5. The second-order valence-corrected chi connectivity index (χ2v) is 7.73. The van der Waals surface area contributed by atoms with Crippen molar-refractivity contribution in [1.29, 1.82) is 0 Å². The summed E-state index contributed by atoms with van der Waals surface area (Å²) in [7, 11) is 0. The van der Waals surface area contributed by atoms with Crippen molar-refractivity contribution in [3.05, 3.63) is 83.7 Å². The zero-order valence-corrected chi connectivity index (χ0v) is 17.0. The number of para-hydroxylation sites is 2. The first kappa shape index (κ1) is 18.0. The van der Waals surface area contributed by atoms with E-state index in [1.54, 1.807) is 40.1 Å². The number of imidazole rings is 1. The van der Waals surface area contributed by atoms with Crippen LogP contribution in [0.4, 0.5) is 5.95 Å². The van der Waals surface area contributed by atoms with Crippen LogP contribution in [0.1, 0.15) is 10.5 Å². The Hall–Kier alpha value is -3.84. The van der Waals surface area contributed by atoms with Crippen molar-refractivity contribution in [3.63, 3.8) is 0 Å². The quantitative estimate of drug-likeness (QED) is 0.413. The lowest BCUT2D eigenvalue weighted by Crippen LogP contribution is -2.29. The number of carbonyl (C=O) groups excluding carboxylic acids is 1. The molecule has 0 bridgehead atoms. The number of fused-ring (bicyclic) bond motifs is 3. The minimum absolute atomic E-state index is 0.206. The minimum Gasteiger partial charge on any atom is -0.463 e. The Morgan fingerprint density at radius 2 is 1.90 bits per heavy atom. The molecule has 1 amide bonds. The fourth-order valence-corrected chi connectivity index (χ4v) is 4.19. The molecule has 0 atom stereocenters. The molecule has 0 saturated heterocycles. The highest BCUT2D eigenvalue weighted by molar-refractivity contribution is 6.30. The van der Waals surface area contributed by atoms with E-state index in [-0.39, 0.29) is 5.91 Å². The maximum absolute atomic E-state index is 13.5. The Balaban J connectivity index is 1.45. The molecule has 0 radical (unpaired) electrons. The summed E-state index contributed by atoms with van der Waals surface area (Å²) in [5.74, 6) is 1.05. The third-order valence-corrected chi connectivity index (χ3v) is 5.66. The lowest BCUT2D eigenvalue weighted by molar-refractivity contribution is 0.0983. The number of anilines is 1. The fourth-order valence-electron chi connectivity index (χ4n) is 4.01. The van der Waals surface area contributed by atoms with Crippen LogP contribution in [0.3, 0.4) is 0 Å². The van der Waals surface area contributed by atoms with Gasteiger partial charge in [-0.15, -0.1) is 0 Å². The highest BCUT2D eigenvalue weighted by atomic mass is 35.5. The summed E-state index contributed by atoms with van der Waals surface area (Å²) < 4.78 is 9.33. The van der Waals surface area contributed by atoms with Gasteiger partial charge in [0.15, 0.2) is 11.5 Å². The van der Waals surface area contributed by atoms with Gasteiger partial charge in [-0.25, -0.2) is 9.67 Å². The van der Waals surface area contributed by atoms with Crippen molar-refractivity contribution in [1.82, 2.24) is 19.3 Å². The Bertz CT molecular complexity index is 1430. The number of aromatic nitrogens is 4. The highest BCUT2D eigenvalue weighted by Crippen LogP contribution is 2.30. The largest absolute Gasteiger partial charge is 0.463 e. The van der Waals surface area contributed by atoms with E-state index < -0.39 is 0 Å². The molecule has 0 unspecified atom stereocenters. The summed E-state index contributed by atoms with van der Waals surface area (Å²) in [5, 5.41) is 5.20. The van der Waals surface area contributed by atoms with E-state index >= 15 is 0 Å². The summed E-state index contributed by atoms with van der Waals surface area (Å²) in [4.78, 5) is 19.8. The van der Waals surface area contributed by atoms with Gasteiger partial charge in [0.2, 0.25) is 5.95 Å². The molecule has 0 N–H and O–H groups in total. The first-order valence-corrected chi connectivity index (χ1v) is 10.2. The zero-order valence-electron chi connectivity index (χ0n) is 16.3. The predicted octanol–water partition coefficient (Wildman–Crippen LogP) is 4.80. The molecule has 6 rings (SSSR count). The van der Waals surface area contributed by atoms with Crippen molar-refractivity contribution >= 4 is 34.5 Å². The first-order chi connectivity index (χ1) is 15.2. The number of carbonyl (C=O) groups is 1. The van der Waals surface area contributed by atoms with Gasteiger partial charge >= 0.3 is 0 Å². The molecule has 3 aromatic heterocycles. The highest BCUT2D eigenvalue weighted by Gasteiger charge is 2.31. The summed E-state index contributed by atoms with van der Waals surface area (Å²) in [6.07, 6.45) is 1.59. The second kappa shape index (κ2) is 6.85. The van der Waals surface area contributed by atoms with Crippen LogP contribution >= 0.6 is 11.6 Å². The molecular formula is C23H16ClN5O2. The van der Waals surface area contributed by atoms with E-state index in [1.165, 1.54) is 0 Å². The molecule has 152 valence electrons. The summed E-state index contributed by atoms with van der Waals surface area (Å²) in [6.45, 7) is 1.24. The van der Waals surface area contributed by atoms with Crippen LogP contribution in [-0.4, -0.2) is 31.8 Å². The number of furan rings is 1. The molecule has 5 aromatic rings. The smallest absolute Gasteiger partial charge is 0.281 e. The number of benzene rings is 2. The van der Waals surface area contributed by atoms with E-state index in [9.17, 15) is 4.79 Å². The minimum atomic E-state index is -0.206. The average molecular weight is 430 g/mol. The Morgan fingerprint density at radius 1 is 1.00 bits per heavy atom. The van der Waals surface area contributed by atoms with Gasteiger partial charge in [-0.05, 0) is 42.5 Å².